The molecule has 3 rings (SSSR count). The molecule has 0 spiro atoms. The quantitative estimate of drug-likeness (QED) is 0.581. The van der Waals surface area contributed by atoms with Gasteiger partial charge in [-0.25, -0.2) is 8.42 Å². The average Bonchev–Trinajstić information content (AvgIpc) is 3.04. The Balaban J connectivity index is 1.91. The van der Waals surface area contributed by atoms with E-state index in [0.717, 1.165) is 28.6 Å². The van der Waals surface area contributed by atoms with Crippen LogP contribution in [0.1, 0.15) is 37.0 Å². The van der Waals surface area contributed by atoms with E-state index in [1.165, 1.54) is 0 Å². The largest absolute Gasteiger partial charge is 0.355 e. The summed E-state index contributed by atoms with van der Waals surface area (Å²) in [5.74, 6) is 0.337. The summed E-state index contributed by atoms with van der Waals surface area (Å²) in [6.45, 7) is 8.82. The summed E-state index contributed by atoms with van der Waals surface area (Å²) in [6.07, 6.45) is 2.51. The van der Waals surface area contributed by atoms with Gasteiger partial charge in [-0.1, -0.05) is 55.8 Å². The predicted molar refractivity (Wildman–Crippen MR) is 121 cm³/mol. The van der Waals surface area contributed by atoms with E-state index in [4.69, 9.17) is 0 Å². The van der Waals surface area contributed by atoms with Crippen LogP contribution in [0, 0.1) is 19.8 Å². The first kappa shape index (κ1) is 22.1. The highest BCUT2D eigenvalue weighted by Gasteiger charge is 2.23. The van der Waals surface area contributed by atoms with Crippen molar-refractivity contribution in [1.82, 2.24) is 9.88 Å². The van der Waals surface area contributed by atoms with Gasteiger partial charge < -0.3 is 9.88 Å². The van der Waals surface area contributed by atoms with Crippen molar-refractivity contribution in [3.63, 3.8) is 0 Å². The van der Waals surface area contributed by atoms with E-state index < -0.39 is 9.84 Å². The third-order valence-electron chi connectivity index (χ3n) is 5.30. The molecule has 1 N–H and O–H groups in total. The zero-order valence-corrected chi connectivity index (χ0v) is 18.9. The molecule has 0 fully saturated rings. The molecular formula is C24H30N2O3S. The van der Waals surface area contributed by atoms with Crippen LogP contribution in [-0.4, -0.2) is 25.4 Å². The third kappa shape index (κ3) is 5.11. The van der Waals surface area contributed by atoms with Crippen molar-refractivity contribution >= 4 is 26.6 Å². The highest BCUT2D eigenvalue weighted by atomic mass is 32.2. The van der Waals surface area contributed by atoms with E-state index in [0.29, 0.717) is 17.8 Å². The molecule has 0 saturated carbocycles. The van der Waals surface area contributed by atoms with Gasteiger partial charge in [-0.2, -0.15) is 0 Å². The monoisotopic (exact) mass is 426 g/mol. The SMILES string of the molecule is Cc1ccc(C)c(CS(=O)(=O)c2cn(CC(=O)NCCC(C)C)c3ccccc23)c1. The van der Waals surface area contributed by atoms with Crippen molar-refractivity contribution in [3.05, 3.63) is 65.4 Å². The molecule has 1 heterocycles. The highest BCUT2D eigenvalue weighted by Crippen LogP contribution is 2.29. The summed E-state index contributed by atoms with van der Waals surface area (Å²) >= 11 is 0. The van der Waals surface area contributed by atoms with Gasteiger partial charge in [0.2, 0.25) is 5.91 Å². The molecule has 0 aliphatic heterocycles. The Hall–Kier alpha value is -2.60. The van der Waals surface area contributed by atoms with Gasteiger partial charge in [-0.3, -0.25) is 4.79 Å². The van der Waals surface area contributed by atoms with E-state index in [1.807, 2.05) is 50.2 Å². The molecular weight excluding hydrogens is 396 g/mol. The number of sulfone groups is 1. The van der Waals surface area contributed by atoms with Gasteiger partial charge >= 0.3 is 0 Å². The minimum atomic E-state index is -3.57. The number of carbonyl (C=O) groups excluding carboxylic acids is 1. The van der Waals surface area contributed by atoms with Crippen molar-refractivity contribution in [1.29, 1.82) is 0 Å². The summed E-state index contributed by atoms with van der Waals surface area (Å²) in [5.41, 5.74) is 3.54. The first-order valence-electron chi connectivity index (χ1n) is 10.3. The molecule has 0 radical (unpaired) electrons. The first-order chi connectivity index (χ1) is 14.2. The van der Waals surface area contributed by atoms with E-state index in [-0.39, 0.29) is 23.1 Å². The third-order valence-corrected chi connectivity index (χ3v) is 6.98. The molecule has 0 saturated heterocycles. The van der Waals surface area contributed by atoms with Crippen molar-refractivity contribution < 1.29 is 13.2 Å². The van der Waals surface area contributed by atoms with Gasteiger partial charge in [0.15, 0.2) is 9.84 Å². The fraction of sp³-hybridized carbons (Fsp3) is 0.375. The van der Waals surface area contributed by atoms with Gasteiger partial charge in [0.1, 0.15) is 6.54 Å². The number of aryl methyl sites for hydroxylation is 2. The number of amides is 1. The van der Waals surface area contributed by atoms with Crippen LogP contribution in [0.4, 0.5) is 0 Å². The van der Waals surface area contributed by atoms with Crippen molar-refractivity contribution in [2.45, 2.75) is 51.3 Å². The maximum absolute atomic E-state index is 13.3. The fourth-order valence-electron chi connectivity index (χ4n) is 3.54. The van der Waals surface area contributed by atoms with Crippen LogP contribution in [0.25, 0.3) is 10.9 Å². The topological polar surface area (TPSA) is 68.2 Å². The lowest BCUT2D eigenvalue weighted by Gasteiger charge is -2.09. The van der Waals surface area contributed by atoms with Crippen LogP contribution >= 0.6 is 0 Å². The lowest BCUT2D eigenvalue weighted by atomic mass is 10.1. The fourth-order valence-corrected chi connectivity index (χ4v) is 5.21. The molecule has 3 aromatic rings. The number of carbonyl (C=O) groups is 1. The summed E-state index contributed by atoms with van der Waals surface area (Å²) in [4.78, 5) is 12.7. The summed E-state index contributed by atoms with van der Waals surface area (Å²) in [7, 11) is -3.57. The van der Waals surface area contributed by atoms with E-state index in [1.54, 1.807) is 16.8 Å². The number of aromatic nitrogens is 1. The second-order valence-corrected chi connectivity index (χ2v) is 10.3. The zero-order chi connectivity index (χ0) is 21.9. The first-order valence-corrected chi connectivity index (χ1v) is 12.0. The summed E-state index contributed by atoms with van der Waals surface area (Å²) in [5, 5.41) is 3.57. The number of rotatable bonds is 8. The normalized spacial score (nSPS) is 11.9. The molecule has 30 heavy (non-hydrogen) atoms. The van der Waals surface area contributed by atoms with Crippen LogP contribution in [0.5, 0.6) is 0 Å². The lowest BCUT2D eigenvalue weighted by molar-refractivity contribution is -0.121. The Morgan fingerprint density at radius 3 is 2.57 bits per heavy atom. The Kier molecular flexibility index (Phi) is 6.66. The molecule has 0 unspecified atom stereocenters. The van der Waals surface area contributed by atoms with Crippen LogP contribution < -0.4 is 5.32 Å². The van der Waals surface area contributed by atoms with Crippen molar-refractivity contribution in [2.24, 2.45) is 5.92 Å². The number of benzene rings is 2. The van der Waals surface area contributed by atoms with Crippen molar-refractivity contribution in [2.75, 3.05) is 6.54 Å². The number of hydrogen-bond donors (Lipinski definition) is 1. The molecule has 0 atom stereocenters. The molecule has 6 heteroatoms. The molecule has 1 aromatic heterocycles. The van der Waals surface area contributed by atoms with Gasteiger partial charge in [0, 0.05) is 23.6 Å². The molecule has 160 valence electrons. The minimum Gasteiger partial charge on any atom is -0.355 e. The van der Waals surface area contributed by atoms with E-state index in [9.17, 15) is 13.2 Å². The van der Waals surface area contributed by atoms with Gasteiger partial charge in [-0.05, 0) is 43.4 Å². The van der Waals surface area contributed by atoms with Gasteiger partial charge in [0.05, 0.1) is 10.6 Å². The Bertz CT molecular complexity index is 1160. The summed E-state index contributed by atoms with van der Waals surface area (Å²) < 4.78 is 28.4. The smallest absolute Gasteiger partial charge is 0.239 e. The van der Waals surface area contributed by atoms with Gasteiger partial charge in [0.25, 0.3) is 0 Å². The number of nitrogens with zero attached hydrogens (tertiary/aromatic N) is 1. The average molecular weight is 427 g/mol. The van der Waals surface area contributed by atoms with Crippen LogP contribution in [0.15, 0.2) is 53.6 Å². The number of para-hydroxylation sites is 1. The van der Waals surface area contributed by atoms with Gasteiger partial charge in [-0.15, -0.1) is 0 Å². The second kappa shape index (κ2) is 9.04. The van der Waals surface area contributed by atoms with Crippen molar-refractivity contribution in [3.8, 4) is 0 Å². The lowest BCUT2D eigenvalue weighted by Crippen LogP contribution is -2.28. The standard InChI is InChI=1S/C24H30N2O3S/c1-17(2)11-12-25-24(27)15-26-14-23(21-7-5-6-8-22(21)26)30(28,29)16-20-13-18(3)9-10-19(20)4/h5-10,13-14,17H,11-12,15-16H2,1-4H3,(H,25,27). The molecule has 5 nitrogen and oxygen atoms in total. The van der Waals surface area contributed by atoms with Crippen LogP contribution in [0.3, 0.4) is 0 Å². The number of nitrogens with one attached hydrogen (secondary N) is 1. The summed E-state index contributed by atoms with van der Waals surface area (Å²) in [6, 6.07) is 13.2. The number of hydrogen-bond acceptors (Lipinski definition) is 3. The second-order valence-electron chi connectivity index (χ2n) is 8.36. The molecule has 2 aromatic carbocycles. The van der Waals surface area contributed by atoms with Crippen LogP contribution in [-0.2, 0) is 26.9 Å². The minimum absolute atomic E-state index is 0.0604. The molecule has 0 aliphatic rings. The Morgan fingerprint density at radius 2 is 1.83 bits per heavy atom. The Morgan fingerprint density at radius 1 is 1.10 bits per heavy atom. The van der Waals surface area contributed by atoms with Crippen LogP contribution in [0.2, 0.25) is 0 Å². The maximum atomic E-state index is 13.3. The Labute approximate surface area is 179 Å². The zero-order valence-electron chi connectivity index (χ0n) is 18.1. The number of fused-ring (bicyclic) bond motifs is 1. The maximum Gasteiger partial charge on any atom is 0.239 e. The molecule has 1 amide bonds. The predicted octanol–water partition coefficient (Wildman–Crippen LogP) is 4.39. The van der Waals surface area contributed by atoms with E-state index >= 15 is 0 Å². The van der Waals surface area contributed by atoms with E-state index in [2.05, 4.69) is 19.2 Å². The molecule has 0 bridgehead atoms. The molecule has 0 aliphatic carbocycles. The highest BCUT2D eigenvalue weighted by molar-refractivity contribution is 7.90.